The minimum Gasteiger partial charge on any atom is -0.481 e. The molecule has 0 saturated heterocycles. The molecule has 5 heteroatoms. The van der Waals surface area contributed by atoms with E-state index in [1.54, 1.807) is 6.26 Å². The molecule has 0 radical (unpaired) electrons. The number of amides is 1. The summed E-state index contributed by atoms with van der Waals surface area (Å²) >= 11 is 0. The lowest BCUT2D eigenvalue weighted by atomic mass is 10.0. The fraction of sp³-hybridized carbons (Fsp3) is 0.538. The number of carbonyl (C=O) groups is 2. The van der Waals surface area contributed by atoms with Gasteiger partial charge in [0, 0.05) is 18.9 Å². The molecule has 0 unspecified atom stereocenters. The molecule has 2 N–H and O–H groups in total. The highest BCUT2D eigenvalue weighted by molar-refractivity contribution is 5.80. The van der Waals surface area contributed by atoms with E-state index in [2.05, 4.69) is 5.32 Å². The van der Waals surface area contributed by atoms with E-state index in [0.717, 1.165) is 5.76 Å². The molecule has 1 fully saturated rings. The van der Waals surface area contributed by atoms with Crippen LogP contribution in [0.1, 0.15) is 25.0 Å². The van der Waals surface area contributed by atoms with Crippen LogP contribution in [0.25, 0.3) is 0 Å². The normalized spacial score (nSPS) is 22.9. The number of carboxylic acid groups (broad SMARTS) is 1. The van der Waals surface area contributed by atoms with Crippen molar-refractivity contribution in [3.05, 3.63) is 24.2 Å². The highest BCUT2D eigenvalue weighted by Crippen LogP contribution is 2.30. The fourth-order valence-electron chi connectivity index (χ4n) is 2.35. The van der Waals surface area contributed by atoms with Crippen molar-refractivity contribution in [2.75, 3.05) is 6.54 Å². The van der Waals surface area contributed by atoms with Crippen molar-refractivity contribution in [1.29, 1.82) is 0 Å². The van der Waals surface area contributed by atoms with Crippen LogP contribution in [0.4, 0.5) is 0 Å². The summed E-state index contributed by atoms with van der Waals surface area (Å²) in [5.41, 5.74) is 0. The van der Waals surface area contributed by atoms with E-state index in [1.165, 1.54) is 0 Å². The second-order valence-electron chi connectivity index (χ2n) is 4.67. The molecule has 1 saturated carbocycles. The van der Waals surface area contributed by atoms with Crippen molar-refractivity contribution in [2.45, 2.75) is 25.7 Å². The molecule has 0 bridgehead atoms. The molecule has 1 aromatic rings. The lowest BCUT2D eigenvalue weighted by Gasteiger charge is -2.10. The minimum absolute atomic E-state index is 0.0368. The van der Waals surface area contributed by atoms with Crippen molar-refractivity contribution >= 4 is 11.9 Å². The summed E-state index contributed by atoms with van der Waals surface area (Å²) in [7, 11) is 0. The number of furan rings is 1. The number of rotatable bonds is 5. The van der Waals surface area contributed by atoms with Gasteiger partial charge in [-0.05, 0) is 31.4 Å². The lowest BCUT2D eigenvalue weighted by molar-refractivity contribution is -0.141. The van der Waals surface area contributed by atoms with Crippen LogP contribution in [-0.2, 0) is 16.0 Å². The van der Waals surface area contributed by atoms with Crippen LogP contribution in [0.5, 0.6) is 0 Å². The van der Waals surface area contributed by atoms with Crippen molar-refractivity contribution in [2.24, 2.45) is 11.8 Å². The Hall–Kier alpha value is -1.78. The van der Waals surface area contributed by atoms with Crippen LogP contribution >= 0.6 is 0 Å². The summed E-state index contributed by atoms with van der Waals surface area (Å²) in [4.78, 5) is 22.6. The van der Waals surface area contributed by atoms with Crippen LogP contribution in [0, 0.1) is 11.8 Å². The van der Waals surface area contributed by atoms with Gasteiger partial charge < -0.3 is 14.8 Å². The Labute approximate surface area is 105 Å². The van der Waals surface area contributed by atoms with E-state index in [0.29, 0.717) is 32.2 Å². The Kier molecular flexibility index (Phi) is 4.02. The third-order valence-electron chi connectivity index (χ3n) is 3.40. The summed E-state index contributed by atoms with van der Waals surface area (Å²) in [6.45, 7) is 0.528. The zero-order chi connectivity index (χ0) is 13.0. The second kappa shape index (κ2) is 5.71. The number of nitrogens with one attached hydrogen (secondary N) is 1. The second-order valence-corrected chi connectivity index (χ2v) is 4.67. The van der Waals surface area contributed by atoms with Gasteiger partial charge in [0.1, 0.15) is 5.76 Å². The van der Waals surface area contributed by atoms with E-state index in [-0.39, 0.29) is 17.7 Å². The first-order chi connectivity index (χ1) is 8.66. The largest absolute Gasteiger partial charge is 0.481 e. The van der Waals surface area contributed by atoms with E-state index >= 15 is 0 Å². The fourth-order valence-corrected chi connectivity index (χ4v) is 2.35. The van der Waals surface area contributed by atoms with Crippen molar-refractivity contribution in [1.82, 2.24) is 5.32 Å². The number of aliphatic carboxylic acids is 1. The molecule has 1 amide bonds. The van der Waals surface area contributed by atoms with Gasteiger partial charge in [-0.15, -0.1) is 0 Å². The molecule has 98 valence electrons. The smallest absolute Gasteiger partial charge is 0.306 e. The van der Waals surface area contributed by atoms with E-state index in [4.69, 9.17) is 9.52 Å². The van der Waals surface area contributed by atoms with Gasteiger partial charge in [0.05, 0.1) is 12.2 Å². The molecule has 5 nitrogen and oxygen atoms in total. The number of carbonyl (C=O) groups excluding carboxylic acids is 1. The Morgan fingerprint density at radius 2 is 2.17 bits per heavy atom. The summed E-state index contributed by atoms with van der Waals surface area (Å²) in [6, 6.07) is 3.67. The molecule has 0 aliphatic heterocycles. The molecule has 0 spiro atoms. The quantitative estimate of drug-likeness (QED) is 0.829. The molecule has 1 heterocycles. The molecule has 18 heavy (non-hydrogen) atoms. The maximum atomic E-state index is 11.8. The van der Waals surface area contributed by atoms with Gasteiger partial charge in [-0.1, -0.05) is 0 Å². The van der Waals surface area contributed by atoms with Crippen LogP contribution in [0.3, 0.4) is 0 Å². The van der Waals surface area contributed by atoms with Gasteiger partial charge >= 0.3 is 5.97 Å². The van der Waals surface area contributed by atoms with Crippen molar-refractivity contribution in [3.8, 4) is 0 Å². The zero-order valence-electron chi connectivity index (χ0n) is 10.1. The first kappa shape index (κ1) is 12.7. The van der Waals surface area contributed by atoms with E-state index in [9.17, 15) is 9.59 Å². The first-order valence-electron chi connectivity index (χ1n) is 6.19. The summed E-state index contributed by atoms with van der Waals surface area (Å²) < 4.78 is 5.16. The Morgan fingerprint density at radius 1 is 1.39 bits per heavy atom. The maximum Gasteiger partial charge on any atom is 0.306 e. The molecular weight excluding hydrogens is 234 g/mol. The number of hydrogen-bond donors (Lipinski definition) is 2. The monoisotopic (exact) mass is 251 g/mol. The zero-order valence-corrected chi connectivity index (χ0v) is 10.1. The van der Waals surface area contributed by atoms with Gasteiger partial charge in [0.2, 0.25) is 5.91 Å². The van der Waals surface area contributed by atoms with Crippen molar-refractivity contribution in [3.63, 3.8) is 0 Å². The summed E-state index contributed by atoms with van der Waals surface area (Å²) in [5.74, 6) is -0.496. The molecule has 2 rings (SSSR count). The molecule has 0 aromatic carbocycles. The third-order valence-corrected chi connectivity index (χ3v) is 3.40. The van der Waals surface area contributed by atoms with E-state index in [1.807, 2.05) is 12.1 Å². The standard InChI is InChI=1S/C13H17NO4/c15-12(9-3-4-10(8-9)13(16)17)14-6-5-11-2-1-7-18-11/h1-2,7,9-10H,3-6,8H2,(H,14,15)(H,16,17)/t9-,10+/m0/s1. The molecular formula is C13H17NO4. The summed E-state index contributed by atoms with van der Waals surface area (Å²) in [5, 5.41) is 11.7. The van der Waals surface area contributed by atoms with Gasteiger partial charge in [0.25, 0.3) is 0 Å². The van der Waals surface area contributed by atoms with Crippen LogP contribution in [0.2, 0.25) is 0 Å². The van der Waals surface area contributed by atoms with Crippen LogP contribution < -0.4 is 5.32 Å². The Bertz CT molecular complexity index is 413. The van der Waals surface area contributed by atoms with E-state index < -0.39 is 5.97 Å². The average Bonchev–Trinajstić information content (AvgIpc) is 2.99. The predicted octanol–water partition coefficient (Wildman–Crippen LogP) is 1.44. The van der Waals surface area contributed by atoms with Gasteiger partial charge in [-0.25, -0.2) is 0 Å². The Balaban J connectivity index is 1.71. The maximum absolute atomic E-state index is 11.8. The molecule has 1 aliphatic carbocycles. The van der Waals surface area contributed by atoms with Crippen LogP contribution in [-0.4, -0.2) is 23.5 Å². The van der Waals surface area contributed by atoms with Gasteiger partial charge in [0.15, 0.2) is 0 Å². The molecule has 2 atom stereocenters. The number of carboxylic acids is 1. The topological polar surface area (TPSA) is 79.5 Å². The lowest BCUT2D eigenvalue weighted by Crippen LogP contribution is -2.31. The van der Waals surface area contributed by atoms with Crippen molar-refractivity contribution < 1.29 is 19.1 Å². The minimum atomic E-state index is -0.791. The highest BCUT2D eigenvalue weighted by atomic mass is 16.4. The molecule has 1 aromatic heterocycles. The van der Waals surface area contributed by atoms with Gasteiger partial charge in [-0.3, -0.25) is 9.59 Å². The SMILES string of the molecule is O=C(O)[C@@H]1CC[C@H](C(=O)NCCc2ccco2)C1. The average molecular weight is 251 g/mol. The predicted molar refractivity (Wildman–Crippen MR) is 63.9 cm³/mol. The van der Waals surface area contributed by atoms with Crippen LogP contribution in [0.15, 0.2) is 22.8 Å². The highest BCUT2D eigenvalue weighted by Gasteiger charge is 2.33. The first-order valence-corrected chi connectivity index (χ1v) is 6.19. The third kappa shape index (κ3) is 3.12. The summed E-state index contributed by atoms with van der Waals surface area (Å²) in [6.07, 6.45) is 4.00. The number of hydrogen-bond acceptors (Lipinski definition) is 3. The molecule has 1 aliphatic rings. The van der Waals surface area contributed by atoms with Gasteiger partial charge in [-0.2, -0.15) is 0 Å². The Morgan fingerprint density at radius 3 is 2.78 bits per heavy atom.